The van der Waals surface area contributed by atoms with Gasteiger partial charge >= 0.3 is 0 Å². The number of thioether (sulfide) groups is 1. The zero-order chi connectivity index (χ0) is 22.2. The van der Waals surface area contributed by atoms with Crippen molar-refractivity contribution in [3.05, 3.63) is 40.8 Å². The van der Waals surface area contributed by atoms with Crippen LogP contribution in [0.25, 0.3) is 10.7 Å². The van der Waals surface area contributed by atoms with Gasteiger partial charge in [0.15, 0.2) is 11.0 Å². The molecule has 0 unspecified atom stereocenters. The Morgan fingerprint density at radius 1 is 1.31 bits per heavy atom. The van der Waals surface area contributed by atoms with Crippen LogP contribution in [0.3, 0.4) is 0 Å². The van der Waals surface area contributed by atoms with E-state index in [1.54, 1.807) is 6.07 Å². The number of thiophene rings is 1. The topological polar surface area (TPSA) is 80.1 Å². The van der Waals surface area contributed by atoms with Crippen molar-refractivity contribution >= 4 is 46.3 Å². The maximum Gasteiger partial charge on any atom is 0.244 e. The number of hydrogen-bond donors (Lipinski definition) is 1. The molecular formula is C23H25N5O2S2. The number of hydrogen-bond acceptors (Lipinski definition) is 6. The van der Waals surface area contributed by atoms with Gasteiger partial charge < -0.3 is 14.8 Å². The molecule has 166 valence electrons. The largest absolute Gasteiger partial charge is 0.323 e. The first-order valence-electron chi connectivity index (χ1n) is 10.9. The zero-order valence-electron chi connectivity index (χ0n) is 18.1. The lowest BCUT2D eigenvalue weighted by atomic mass is 9.87. The Kier molecular flexibility index (Phi) is 5.77. The van der Waals surface area contributed by atoms with Gasteiger partial charge in [0.2, 0.25) is 11.8 Å². The molecule has 0 saturated carbocycles. The number of nitrogens with zero attached hydrogens (tertiary/aromatic N) is 4. The van der Waals surface area contributed by atoms with Gasteiger partial charge in [0.25, 0.3) is 0 Å². The summed E-state index contributed by atoms with van der Waals surface area (Å²) in [5.41, 5.74) is 2.85. The normalized spacial score (nSPS) is 17.6. The summed E-state index contributed by atoms with van der Waals surface area (Å²) >= 11 is 3.17. The van der Waals surface area contributed by atoms with Gasteiger partial charge in [-0.3, -0.25) is 9.59 Å². The minimum absolute atomic E-state index is 0.0278. The van der Waals surface area contributed by atoms with E-state index in [1.165, 1.54) is 39.9 Å². The van der Waals surface area contributed by atoms with Crippen LogP contribution in [-0.2, 0) is 29.5 Å². The lowest BCUT2D eigenvalue weighted by Gasteiger charge is -2.28. The fourth-order valence-corrected chi connectivity index (χ4v) is 6.39. The Hall–Kier alpha value is -2.65. The summed E-state index contributed by atoms with van der Waals surface area (Å²) in [5, 5.41) is 12.3. The third-order valence-electron chi connectivity index (χ3n) is 6.21. The second-order valence-corrected chi connectivity index (χ2v) is 10.4. The summed E-state index contributed by atoms with van der Waals surface area (Å²) in [6, 6.07) is 9.63. The highest BCUT2D eigenvalue weighted by atomic mass is 32.2. The first-order valence-corrected chi connectivity index (χ1v) is 12.7. The van der Waals surface area contributed by atoms with Gasteiger partial charge in [0.05, 0.1) is 22.0 Å². The van der Waals surface area contributed by atoms with Crippen LogP contribution in [-0.4, -0.2) is 38.9 Å². The number of aryl methyl sites for hydroxylation is 1. The molecule has 32 heavy (non-hydrogen) atoms. The number of amides is 2. The predicted octanol–water partition coefficient (Wildman–Crippen LogP) is 4.14. The van der Waals surface area contributed by atoms with Crippen LogP contribution in [0.1, 0.15) is 30.2 Å². The quantitative estimate of drug-likeness (QED) is 0.571. The van der Waals surface area contributed by atoms with Crippen molar-refractivity contribution in [1.29, 1.82) is 0 Å². The number of benzene rings is 1. The van der Waals surface area contributed by atoms with Gasteiger partial charge in [-0.2, -0.15) is 0 Å². The first-order chi connectivity index (χ1) is 15.5. The Balaban J connectivity index is 1.30. The molecule has 7 nitrogen and oxygen atoms in total. The molecule has 1 aliphatic carbocycles. The highest BCUT2D eigenvalue weighted by molar-refractivity contribution is 7.99. The highest BCUT2D eigenvalue weighted by Crippen LogP contribution is 2.38. The van der Waals surface area contributed by atoms with E-state index in [0.717, 1.165) is 35.1 Å². The number of rotatable bonds is 5. The van der Waals surface area contributed by atoms with Crippen LogP contribution >= 0.6 is 23.1 Å². The van der Waals surface area contributed by atoms with E-state index in [4.69, 9.17) is 0 Å². The number of fused-ring (bicyclic) bond motifs is 2. The summed E-state index contributed by atoms with van der Waals surface area (Å²) in [7, 11) is 1.94. The van der Waals surface area contributed by atoms with Crippen LogP contribution in [0, 0.1) is 5.92 Å². The van der Waals surface area contributed by atoms with Crippen molar-refractivity contribution in [3.63, 3.8) is 0 Å². The maximum atomic E-state index is 12.9. The third-order valence-corrected chi connectivity index (χ3v) is 8.45. The fourth-order valence-electron chi connectivity index (χ4n) is 4.37. The molecule has 0 bridgehead atoms. The molecule has 0 saturated heterocycles. The number of carbonyl (C=O) groups excluding carboxylic acids is 2. The standard InChI is InChI=1S/C23H25N5O2S2/c1-3-14-8-9-18-15(10-14)11-19(32-18)22-25-26-23(27(22)2)31-13-21(30)28-12-20(29)24-16-6-4-5-7-17(16)28/h4-7,11,14H,3,8-10,12-13H2,1-2H3,(H,24,29)/t14-/m1/s1. The molecule has 3 heterocycles. The first kappa shape index (κ1) is 21.2. The molecule has 2 amide bonds. The van der Waals surface area contributed by atoms with E-state index in [0.29, 0.717) is 10.8 Å². The fraction of sp³-hybridized carbons (Fsp3) is 0.391. The average molecular weight is 468 g/mol. The van der Waals surface area contributed by atoms with E-state index < -0.39 is 0 Å². The van der Waals surface area contributed by atoms with E-state index in [-0.39, 0.29) is 24.1 Å². The Morgan fingerprint density at radius 3 is 3.00 bits per heavy atom. The van der Waals surface area contributed by atoms with Gasteiger partial charge in [-0.25, -0.2) is 0 Å². The van der Waals surface area contributed by atoms with E-state index in [1.807, 2.05) is 41.2 Å². The minimum Gasteiger partial charge on any atom is -0.323 e. The van der Waals surface area contributed by atoms with Gasteiger partial charge in [-0.1, -0.05) is 37.2 Å². The monoisotopic (exact) mass is 467 g/mol. The predicted molar refractivity (Wildman–Crippen MR) is 128 cm³/mol. The Morgan fingerprint density at radius 2 is 2.16 bits per heavy atom. The summed E-state index contributed by atoms with van der Waals surface area (Å²) in [6.07, 6.45) is 4.80. The number of nitrogens with one attached hydrogen (secondary N) is 1. The lowest BCUT2D eigenvalue weighted by Crippen LogP contribution is -2.43. The number of para-hydroxylation sites is 2. The molecule has 0 radical (unpaired) electrons. The van der Waals surface area contributed by atoms with Crippen molar-refractivity contribution in [3.8, 4) is 10.7 Å². The van der Waals surface area contributed by atoms with Crippen molar-refractivity contribution in [1.82, 2.24) is 14.8 Å². The summed E-state index contributed by atoms with van der Waals surface area (Å²) in [4.78, 5) is 29.1. The van der Waals surface area contributed by atoms with Crippen LogP contribution in [0.5, 0.6) is 0 Å². The van der Waals surface area contributed by atoms with E-state index in [9.17, 15) is 9.59 Å². The van der Waals surface area contributed by atoms with Crippen molar-refractivity contribution in [2.24, 2.45) is 13.0 Å². The number of aromatic nitrogens is 3. The smallest absolute Gasteiger partial charge is 0.244 e. The summed E-state index contributed by atoms with van der Waals surface area (Å²) in [5.74, 6) is 1.50. The van der Waals surface area contributed by atoms with Crippen LogP contribution in [0.15, 0.2) is 35.5 Å². The van der Waals surface area contributed by atoms with Crippen LogP contribution in [0.2, 0.25) is 0 Å². The second kappa shape index (κ2) is 8.71. The van der Waals surface area contributed by atoms with Crippen LogP contribution < -0.4 is 10.2 Å². The van der Waals surface area contributed by atoms with Gasteiger partial charge in [0, 0.05) is 11.9 Å². The van der Waals surface area contributed by atoms with Crippen molar-refractivity contribution in [2.75, 3.05) is 22.5 Å². The molecule has 1 N–H and O–H groups in total. The second-order valence-electron chi connectivity index (χ2n) is 8.28. The Labute approximate surface area is 195 Å². The molecule has 9 heteroatoms. The van der Waals surface area contributed by atoms with Crippen LogP contribution in [0.4, 0.5) is 11.4 Å². The minimum atomic E-state index is -0.185. The number of anilines is 2. The molecule has 5 rings (SSSR count). The molecule has 3 aromatic rings. The summed E-state index contributed by atoms with van der Waals surface area (Å²) < 4.78 is 1.96. The molecule has 2 aromatic heterocycles. The number of carbonyl (C=O) groups is 2. The van der Waals surface area contributed by atoms with Crippen molar-refractivity contribution in [2.45, 2.75) is 37.8 Å². The molecular weight excluding hydrogens is 442 g/mol. The zero-order valence-corrected chi connectivity index (χ0v) is 19.8. The Bertz CT molecular complexity index is 1190. The molecule has 0 spiro atoms. The lowest BCUT2D eigenvalue weighted by molar-refractivity contribution is -0.120. The molecule has 1 aromatic carbocycles. The molecule has 2 aliphatic rings. The van der Waals surface area contributed by atoms with E-state index in [2.05, 4.69) is 28.5 Å². The third kappa shape index (κ3) is 3.95. The van der Waals surface area contributed by atoms with E-state index >= 15 is 0 Å². The maximum absolute atomic E-state index is 12.9. The molecule has 1 atom stereocenters. The molecule has 1 aliphatic heterocycles. The summed E-state index contributed by atoms with van der Waals surface area (Å²) in [6.45, 7) is 2.30. The van der Waals surface area contributed by atoms with Crippen molar-refractivity contribution < 1.29 is 9.59 Å². The average Bonchev–Trinajstić information content (AvgIpc) is 3.39. The molecule has 0 fully saturated rings. The van der Waals surface area contributed by atoms with Gasteiger partial charge in [0.1, 0.15) is 6.54 Å². The SMILES string of the molecule is CC[C@@H]1CCc2sc(-c3nnc(SCC(=O)N4CC(=O)Nc5ccccc54)n3C)cc2C1. The van der Waals surface area contributed by atoms with Gasteiger partial charge in [-0.15, -0.1) is 21.5 Å². The highest BCUT2D eigenvalue weighted by Gasteiger charge is 2.27. The van der Waals surface area contributed by atoms with Gasteiger partial charge in [-0.05, 0) is 48.9 Å².